The highest BCUT2D eigenvalue weighted by Gasteiger charge is 2.50. The number of hydrogen-bond donors (Lipinski definition) is 3. The molecule has 1 aromatic heterocycles. The third-order valence-corrected chi connectivity index (χ3v) is 3.35. The van der Waals surface area contributed by atoms with E-state index in [2.05, 4.69) is 10.3 Å². The van der Waals surface area contributed by atoms with Crippen molar-refractivity contribution in [3.05, 3.63) is 23.4 Å². The lowest BCUT2D eigenvalue weighted by atomic mass is 10.1. The predicted octanol–water partition coefficient (Wildman–Crippen LogP) is 1.48. The number of carbonyl (C=O) groups is 2. The number of nitrogens with two attached hydrogens (primary N) is 1. The Bertz CT molecular complexity index is 597. The normalized spacial score (nSPS) is 16.3. The van der Waals surface area contributed by atoms with E-state index in [1.807, 2.05) is 0 Å². The third kappa shape index (κ3) is 3.06. The van der Waals surface area contributed by atoms with Crippen molar-refractivity contribution in [3.63, 3.8) is 0 Å². The van der Waals surface area contributed by atoms with Crippen LogP contribution in [0.4, 0.5) is 19.0 Å². The zero-order chi connectivity index (χ0) is 15.8. The molecule has 9 heteroatoms. The number of nitrogens with zero attached hydrogens (tertiary/aromatic N) is 1. The molecule has 0 radical (unpaired) electrons. The number of rotatable bonds is 5. The van der Waals surface area contributed by atoms with Crippen LogP contribution < -0.4 is 11.1 Å². The van der Waals surface area contributed by atoms with E-state index in [9.17, 15) is 22.8 Å². The van der Waals surface area contributed by atoms with Crippen LogP contribution in [0.3, 0.4) is 0 Å². The molecule has 2 rings (SSSR count). The van der Waals surface area contributed by atoms with Gasteiger partial charge in [0.05, 0.1) is 11.0 Å². The van der Waals surface area contributed by atoms with Gasteiger partial charge >= 0.3 is 12.1 Å². The molecule has 0 aliphatic heterocycles. The Morgan fingerprint density at radius 2 is 2.00 bits per heavy atom. The van der Waals surface area contributed by atoms with E-state index in [1.165, 1.54) is 0 Å². The van der Waals surface area contributed by atoms with E-state index in [-0.39, 0.29) is 17.9 Å². The van der Waals surface area contributed by atoms with E-state index >= 15 is 0 Å². The first-order chi connectivity index (χ1) is 9.66. The number of primary amides is 1. The second-order valence-electron chi connectivity index (χ2n) is 4.89. The first-order valence-corrected chi connectivity index (χ1v) is 6.01. The highest BCUT2D eigenvalue weighted by molar-refractivity contribution is 5.97. The summed E-state index contributed by atoms with van der Waals surface area (Å²) >= 11 is 0. The maximum absolute atomic E-state index is 12.6. The van der Waals surface area contributed by atoms with Gasteiger partial charge < -0.3 is 16.2 Å². The van der Waals surface area contributed by atoms with Crippen molar-refractivity contribution in [3.8, 4) is 0 Å². The minimum absolute atomic E-state index is 0.114. The van der Waals surface area contributed by atoms with Gasteiger partial charge in [0.2, 0.25) is 0 Å². The van der Waals surface area contributed by atoms with Gasteiger partial charge in [0, 0.05) is 6.54 Å². The summed E-state index contributed by atoms with van der Waals surface area (Å²) in [6, 6.07) is 1.57. The topological polar surface area (TPSA) is 105 Å². The van der Waals surface area contributed by atoms with Crippen LogP contribution >= 0.6 is 0 Å². The first-order valence-electron chi connectivity index (χ1n) is 6.01. The average molecular weight is 303 g/mol. The number of halogens is 3. The number of amides is 1. The monoisotopic (exact) mass is 303 g/mol. The van der Waals surface area contributed by atoms with E-state index in [0.29, 0.717) is 18.9 Å². The van der Waals surface area contributed by atoms with Gasteiger partial charge in [0.25, 0.3) is 5.91 Å². The minimum Gasteiger partial charge on any atom is -0.481 e. The Balaban J connectivity index is 2.27. The number of carboxylic acids is 1. The van der Waals surface area contributed by atoms with E-state index in [0.717, 1.165) is 6.07 Å². The number of carboxylic acid groups (broad SMARTS) is 1. The quantitative estimate of drug-likeness (QED) is 0.764. The van der Waals surface area contributed by atoms with Crippen LogP contribution in [0.5, 0.6) is 0 Å². The molecular weight excluding hydrogens is 291 g/mol. The zero-order valence-electron chi connectivity index (χ0n) is 10.7. The summed E-state index contributed by atoms with van der Waals surface area (Å²) in [6.07, 6.45) is -3.84. The molecule has 1 amide bonds. The molecule has 1 saturated carbocycles. The lowest BCUT2D eigenvalue weighted by Gasteiger charge is -2.15. The molecule has 0 aromatic carbocycles. The second kappa shape index (κ2) is 4.90. The molecule has 0 saturated heterocycles. The van der Waals surface area contributed by atoms with Gasteiger partial charge in [-0.05, 0) is 25.0 Å². The molecule has 0 spiro atoms. The van der Waals surface area contributed by atoms with Crippen molar-refractivity contribution in [1.82, 2.24) is 4.98 Å². The number of alkyl halides is 3. The Kier molecular flexibility index (Phi) is 3.52. The molecule has 1 aromatic rings. The fourth-order valence-corrected chi connectivity index (χ4v) is 1.82. The largest absolute Gasteiger partial charge is 0.481 e. The van der Waals surface area contributed by atoms with Crippen molar-refractivity contribution in [2.24, 2.45) is 11.1 Å². The van der Waals surface area contributed by atoms with E-state index < -0.39 is 29.2 Å². The second-order valence-corrected chi connectivity index (χ2v) is 4.89. The lowest BCUT2D eigenvalue weighted by Crippen LogP contribution is -2.26. The molecule has 1 heterocycles. The molecule has 114 valence electrons. The number of hydrogen-bond acceptors (Lipinski definition) is 4. The molecule has 1 aliphatic rings. The number of aromatic nitrogens is 1. The summed E-state index contributed by atoms with van der Waals surface area (Å²) in [5, 5.41) is 11.5. The lowest BCUT2D eigenvalue weighted by molar-refractivity contribution is -0.143. The molecule has 0 unspecified atom stereocenters. The summed E-state index contributed by atoms with van der Waals surface area (Å²) in [6.45, 7) is -0.114. The van der Waals surface area contributed by atoms with Crippen molar-refractivity contribution >= 4 is 17.7 Å². The molecule has 6 nitrogen and oxygen atoms in total. The Hall–Kier alpha value is -2.32. The third-order valence-electron chi connectivity index (χ3n) is 3.35. The van der Waals surface area contributed by atoms with Gasteiger partial charge in [-0.2, -0.15) is 13.2 Å². The van der Waals surface area contributed by atoms with Crippen LogP contribution in [-0.2, 0) is 11.0 Å². The minimum atomic E-state index is -4.67. The number of pyridine rings is 1. The molecule has 4 N–H and O–H groups in total. The summed E-state index contributed by atoms with van der Waals surface area (Å²) in [5.41, 5.74) is 2.66. The molecule has 1 aliphatic carbocycles. The highest BCUT2D eigenvalue weighted by Crippen LogP contribution is 2.45. The molecule has 0 atom stereocenters. The van der Waals surface area contributed by atoms with Crippen LogP contribution in [0.2, 0.25) is 0 Å². The zero-order valence-corrected chi connectivity index (χ0v) is 10.7. The fraction of sp³-hybridized carbons (Fsp3) is 0.417. The van der Waals surface area contributed by atoms with Crippen molar-refractivity contribution < 1.29 is 27.9 Å². The average Bonchev–Trinajstić information content (AvgIpc) is 3.16. The predicted molar refractivity (Wildman–Crippen MR) is 65.5 cm³/mol. The number of nitrogens with one attached hydrogen (secondary N) is 1. The van der Waals surface area contributed by atoms with Gasteiger partial charge in [0.1, 0.15) is 11.5 Å². The molecule has 21 heavy (non-hydrogen) atoms. The number of anilines is 1. The maximum atomic E-state index is 12.6. The van der Waals surface area contributed by atoms with E-state index in [4.69, 9.17) is 10.8 Å². The number of aliphatic carboxylic acids is 1. The summed E-state index contributed by atoms with van der Waals surface area (Å²) in [7, 11) is 0. The molecular formula is C12H12F3N3O3. The van der Waals surface area contributed by atoms with Gasteiger partial charge in [-0.3, -0.25) is 9.59 Å². The Morgan fingerprint density at radius 1 is 1.38 bits per heavy atom. The van der Waals surface area contributed by atoms with Crippen molar-refractivity contribution in [1.29, 1.82) is 0 Å². The SMILES string of the molecule is NC(=O)c1ccc(C(F)(F)F)nc1NCC1(C(=O)O)CC1. The maximum Gasteiger partial charge on any atom is 0.433 e. The molecule has 0 bridgehead atoms. The smallest absolute Gasteiger partial charge is 0.433 e. The summed E-state index contributed by atoms with van der Waals surface area (Å²) in [5.74, 6) is -2.34. The first kappa shape index (κ1) is 15.1. The Labute approximate surface area is 117 Å². The van der Waals surface area contributed by atoms with Gasteiger partial charge in [-0.25, -0.2) is 4.98 Å². The Morgan fingerprint density at radius 3 is 2.43 bits per heavy atom. The van der Waals surface area contributed by atoms with E-state index in [1.54, 1.807) is 0 Å². The van der Waals surface area contributed by atoms with Crippen LogP contribution in [0.15, 0.2) is 12.1 Å². The van der Waals surface area contributed by atoms with Gasteiger partial charge in [-0.15, -0.1) is 0 Å². The van der Waals surface area contributed by atoms with Crippen molar-refractivity contribution in [2.75, 3.05) is 11.9 Å². The van der Waals surface area contributed by atoms with Gasteiger partial charge in [0.15, 0.2) is 0 Å². The highest BCUT2D eigenvalue weighted by atomic mass is 19.4. The fourth-order valence-electron chi connectivity index (χ4n) is 1.82. The van der Waals surface area contributed by atoms with Crippen LogP contribution in [0.25, 0.3) is 0 Å². The van der Waals surface area contributed by atoms with Gasteiger partial charge in [-0.1, -0.05) is 0 Å². The van der Waals surface area contributed by atoms with Crippen molar-refractivity contribution in [2.45, 2.75) is 19.0 Å². The van der Waals surface area contributed by atoms with Crippen LogP contribution in [0, 0.1) is 5.41 Å². The number of carbonyl (C=O) groups excluding carboxylic acids is 1. The molecule has 1 fully saturated rings. The van der Waals surface area contributed by atoms with Crippen LogP contribution in [-0.4, -0.2) is 28.5 Å². The van der Waals surface area contributed by atoms with Crippen LogP contribution in [0.1, 0.15) is 28.9 Å². The standard InChI is InChI=1S/C12H12F3N3O3/c13-12(14,15)7-2-1-6(8(16)19)9(18-7)17-5-11(3-4-11)10(20)21/h1-2H,3-5H2,(H2,16,19)(H,17,18)(H,20,21). The summed E-state index contributed by atoms with van der Waals surface area (Å²) in [4.78, 5) is 25.5. The summed E-state index contributed by atoms with van der Waals surface area (Å²) < 4.78 is 37.8.